The zero-order chi connectivity index (χ0) is 11.5. The van der Waals surface area contributed by atoms with Crippen LogP contribution in [0.3, 0.4) is 0 Å². The molecule has 1 N–H and O–H groups in total. The second kappa shape index (κ2) is 4.94. The number of amides is 1. The molecule has 1 unspecified atom stereocenters. The normalized spacial score (nSPS) is 22.4. The van der Waals surface area contributed by atoms with Gasteiger partial charge in [0.2, 0.25) is 5.91 Å². The van der Waals surface area contributed by atoms with E-state index in [4.69, 9.17) is 0 Å². The maximum atomic E-state index is 11.7. The average Bonchev–Trinajstić information content (AvgIpc) is 2.45. The summed E-state index contributed by atoms with van der Waals surface area (Å²) in [6.07, 6.45) is 2.95. The summed E-state index contributed by atoms with van der Waals surface area (Å²) in [4.78, 5) is 13.3. The van der Waals surface area contributed by atoms with Crippen molar-refractivity contribution in [1.29, 1.82) is 0 Å². The largest absolute Gasteiger partial charge is 0.328 e. The molecule has 0 aromatic heterocycles. The van der Waals surface area contributed by atoms with Gasteiger partial charge in [-0.2, -0.15) is 0 Å². The summed E-state index contributed by atoms with van der Waals surface area (Å²) in [6.45, 7) is 2.79. The van der Waals surface area contributed by atoms with E-state index in [1.807, 2.05) is 6.92 Å². The molecule has 5 nitrogen and oxygen atoms in total. The van der Waals surface area contributed by atoms with E-state index in [-0.39, 0.29) is 17.7 Å². The van der Waals surface area contributed by atoms with Crippen LogP contribution in [0, 0.1) is 0 Å². The van der Waals surface area contributed by atoms with E-state index in [0.717, 1.165) is 12.8 Å². The van der Waals surface area contributed by atoms with E-state index in [0.29, 0.717) is 13.2 Å². The quantitative estimate of drug-likeness (QED) is 0.702. The lowest BCUT2D eigenvalue weighted by atomic mass is 10.2. The first-order valence-corrected chi connectivity index (χ1v) is 7.20. The van der Waals surface area contributed by atoms with Crippen molar-refractivity contribution >= 4 is 15.7 Å². The second-order valence-corrected chi connectivity index (χ2v) is 6.19. The highest BCUT2D eigenvalue weighted by molar-refractivity contribution is 7.90. The molecule has 0 radical (unpaired) electrons. The number of carbonyl (C=O) groups excluding carboxylic acids is 1. The van der Waals surface area contributed by atoms with E-state index in [2.05, 4.69) is 5.32 Å². The van der Waals surface area contributed by atoms with Crippen LogP contribution in [0.15, 0.2) is 0 Å². The highest BCUT2D eigenvalue weighted by atomic mass is 32.2. The number of hydrogen-bond acceptors (Lipinski definition) is 4. The van der Waals surface area contributed by atoms with E-state index in [1.165, 1.54) is 6.26 Å². The molecule has 15 heavy (non-hydrogen) atoms. The molecule has 1 amide bonds. The van der Waals surface area contributed by atoms with Gasteiger partial charge in [-0.1, -0.05) is 13.3 Å². The Hall–Kier alpha value is -0.620. The zero-order valence-electron chi connectivity index (χ0n) is 9.19. The molecule has 1 atom stereocenters. The molecule has 6 heteroatoms. The minimum absolute atomic E-state index is 0.0282. The molecular weight excluding hydrogens is 216 g/mol. The molecule has 0 saturated carbocycles. The van der Waals surface area contributed by atoms with Crippen molar-refractivity contribution in [3.63, 3.8) is 0 Å². The van der Waals surface area contributed by atoms with Crippen LogP contribution in [0.4, 0.5) is 0 Å². The number of rotatable bonds is 5. The van der Waals surface area contributed by atoms with Gasteiger partial charge in [0.05, 0.1) is 18.5 Å². The number of nitrogens with zero attached hydrogens (tertiary/aromatic N) is 1. The van der Waals surface area contributed by atoms with E-state index in [1.54, 1.807) is 4.90 Å². The third kappa shape index (κ3) is 3.79. The van der Waals surface area contributed by atoms with Crippen LogP contribution in [-0.4, -0.2) is 50.5 Å². The van der Waals surface area contributed by atoms with Crippen LogP contribution in [0.5, 0.6) is 0 Å². The maximum Gasteiger partial charge on any atom is 0.240 e. The molecule has 1 rings (SSSR count). The van der Waals surface area contributed by atoms with Crippen LogP contribution in [0.25, 0.3) is 0 Å². The smallest absolute Gasteiger partial charge is 0.240 e. The average molecular weight is 234 g/mol. The van der Waals surface area contributed by atoms with Crippen LogP contribution in [0.1, 0.15) is 19.8 Å². The third-order valence-corrected chi connectivity index (χ3v) is 3.37. The van der Waals surface area contributed by atoms with Crippen molar-refractivity contribution in [3.05, 3.63) is 0 Å². The minimum Gasteiger partial charge on any atom is -0.328 e. The van der Waals surface area contributed by atoms with Gasteiger partial charge in [0.1, 0.15) is 9.84 Å². The van der Waals surface area contributed by atoms with Gasteiger partial charge in [-0.05, 0) is 6.42 Å². The lowest BCUT2D eigenvalue weighted by molar-refractivity contribution is -0.128. The summed E-state index contributed by atoms with van der Waals surface area (Å²) in [6, 6.07) is -0.116. The van der Waals surface area contributed by atoms with Gasteiger partial charge < -0.3 is 4.90 Å². The van der Waals surface area contributed by atoms with Gasteiger partial charge >= 0.3 is 0 Å². The summed E-state index contributed by atoms with van der Waals surface area (Å²) in [5.74, 6) is 0.0692. The zero-order valence-corrected chi connectivity index (χ0v) is 10.0. The summed E-state index contributed by atoms with van der Waals surface area (Å²) in [7, 11) is -2.99. The molecule has 1 aliphatic rings. The van der Waals surface area contributed by atoms with Crippen molar-refractivity contribution in [2.24, 2.45) is 0 Å². The third-order valence-electron chi connectivity index (χ3n) is 2.45. The molecule has 0 aromatic carbocycles. The minimum atomic E-state index is -2.99. The SMILES string of the molecule is CCCC1NCN(CCS(C)(=O)=O)C1=O. The van der Waals surface area contributed by atoms with Crippen LogP contribution >= 0.6 is 0 Å². The summed E-state index contributed by atoms with van der Waals surface area (Å²) < 4.78 is 21.9. The van der Waals surface area contributed by atoms with Crippen molar-refractivity contribution < 1.29 is 13.2 Å². The number of nitrogens with one attached hydrogen (secondary N) is 1. The topological polar surface area (TPSA) is 66.5 Å². The first-order chi connectivity index (χ1) is 6.94. The highest BCUT2D eigenvalue weighted by Crippen LogP contribution is 2.08. The predicted octanol–water partition coefficient (Wildman–Crippen LogP) is -0.411. The van der Waals surface area contributed by atoms with E-state index >= 15 is 0 Å². The van der Waals surface area contributed by atoms with Crippen LogP contribution < -0.4 is 5.32 Å². The Bertz CT molecular complexity index is 326. The summed E-state index contributed by atoms with van der Waals surface area (Å²) in [5.41, 5.74) is 0. The molecular formula is C9H18N2O3S. The monoisotopic (exact) mass is 234 g/mol. The Balaban J connectivity index is 2.43. The van der Waals surface area contributed by atoms with Gasteiger partial charge in [-0.15, -0.1) is 0 Å². The fourth-order valence-corrected chi connectivity index (χ4v) is 2.14. The Kier molecular flexibility index (Phi) is 4.10. The van der Waals surface area contributed by atoms with Gasteiger partial charge in [-0.3, -0.25) is 10.1 Å². The van der Waals surface area contributed by atoms with Gasteiger partial charge in [-0.25, -0.2) is 8.42 Å². The molecule has 1 fully saturated rings. The molecule has 1 heterocycles. The Morgan fingerprint density at radius 2 is 2.20 bits per heavy atom. The number of carbonyl (C=O) groups is 1. The lowest BCUT2D eigenvalue weighted by Gasteiger charge is -2.14. The second-order valence-electron chi connectivity index (χ2n) is 3.94. The van der Waals surface area contributed by atoms with Crippen molar-refractivity contribution in [2.75, 3.05) is 25.2 Å². The molecule has 0 aliphatic carbocycles. The molecule has 1 saturated heterocycles. The predicted molar refractivity (Wildman–Crippen MR) is 58.1 cm³/mol. The molecule has 88 valence electrons. The van der Waals surface area contributed by atoms with Gasteiger partial charge in [0.25, 0.3) is 0 Å². The first kappa shape index (κ1) is 12.4. The molecule has 0 bridgehead atoms. The molecule has 1 aliphatic heterocycles. The van der Waals surface area contributed by atoms with E-state index in [9.17, 15) is 13.2 Å². The molecule has 0 aromatic rings. The highest BCUT2D eigenvalue weighted by Gasteiger charge is 2.30. The van der Waals surface area contributed by atoms with Crippen LogP contribution in [-0.2, 0) is 14.6 Å². The Morgan fingerprint density at radius 3 is 2.73 bits per heavy atom. The fraction of sp³-hybridized carbons (Fsp3) is 0.889. The summed E-state index contributed by atoms with van der Waals surface area (Å²) >= 11 is 0. The van der Waals surface area contributed by atoms with Gasteiger partial charge in [0.15, 0.2) is 0 Å². The first-order valence-electron chi connectivity index (χ1n) is 5.14. The van der Waals surface area contributed by atoms with Crippen molar-refractivity contribution in [3.8, 4) is 0 Å². The lowest BCUT2D eigenvalue weighted by Crippen LogP contribution is -2.33. The Morgan fingerprint density at radius 1 is 1.53 bits per heavy atom. The molecule has 0 spiro atoms. The van der Waals surface area contributed by atoms with Crippen molar-refractivity contribution in [1.82, 2.24) is 10.2 Å². The van der Waals surface area contributed by atoms with Gasteiger partial charge in [0, 0.05) is 12.8 Å². The van der Waals surface area contributed by atoms with Crippen molar-refractivity contribution in [2.45, 2.75) is 25.8 Å². The van der Waals surface area contributed by atoms with Crippen LogP contribution in [0.2, 0.25) is 0 Å². The standard InChI is InChI=1S/C9H18N2O3S/c1-3-4-8-9(12)11(7-10-8)5-6-15(2,13)14/h8,10H,3-7H2,1-2H3. The maximum absolute atomic E-state index is 11.7. The number of hydrogen-bond donors (Lipinski definition) is 1. The summed E-state index contributed by atoms with van der Waals surface area (Å²) in [5, 5.41) is 3.08. The Labute approximate surface area is 90.7 Å². The fourth-order valence-electron chi connectivity index (χ4n) is 1.59. The van der Waals surface area contributed by atoms with E-state index < -0.39 is 9.84 Å². The number of sulfone groups is 1.